The Morgan fingerprint density at radius 3 is 2.90 bits per heavy atom. The summed E-state index contributed by atoms with van der Waals surface area (Å²) >= 11 is 7.52. The number of hydrogen-bond donors (Lipinski definition) is 0. The number of rotatable bonds is 4. The second-order valence-electron chi connectivity index (χ2n) is 4.31. The zero-order chi connectivity index (χ0) is 13.9. The highest BCUT2D eigenvalue weighted by Gasteiger charge is 2.10. The molecule has 0 amide bonds. The largest absolute Gasteiger partial charge is 0.295 e. The van der Waals surface area contributed by atoms with E-state index in [0.717, 1.165) is 5.01 Å². The molecule has 0 aliphatic heterocycles. The van der Waals surface area contributed by atoms with Crippen LogP contribution in [0.25, 0.3) is 10.9 Å². The summed E-state index contributed by atoms with van der Waals surface area (Å²) < 4.78 is 1.65. The van der Waals surface area contributed by atoms with Gasteiger partial charge in [-0.25, -0.2) is 9.97 Å². The van der Waals surface area contributed by atoms with Crippen LogP contribution in [0.1, 0.15) is 10.8 Å². The van der Waals surface area contributed by atoms with Crippen molar-refractivity contribution in [3.8, 4) is 0 Å². The second-order valence-corrected chi connectivity index (χ2v) is 5.56. The first kappa shape index (κ1) is 13.3. The quantitative estimate of drug-likeness (QED) is 0.696. The monoisotopic (exact) mass is 305 g/mol. The second kappa shape index (κ2) is 5.73. The molecule has 20 heavy (non-hydrogen) atoms. The normalized spacial score (nSPS) is 11.1. The van der Waals surface area contributed by atoms with E-state index in [9.17, 15) is 4.79 Å². The number of para-hydroxylation sites is 1. The number of benzene rings is 1. The molecule has 3 aromatic rings. The molecule has 3 rings (SSSR count). The van der Waals surface area contributed by atoms with Crippen LogP contribution in [-0.2, 0) is 18.8 Å². The minimum Gasteiger partial charge on any atom is -0.295 e. The molecule has 0 radical (unpaired) electrons. The maximum Gasteiger partial charge on any atom is 0.261 e. The number of aryl methyl sites for hydroxylation is 1. The van der Waals surface area contributed by atoms with Crippen molar-refractivity contribution in [3.05, 3.63) is 57.0 Å². The molecule has 0 aliphatic rings. The molecule has 1 aromatic carbocycles. The van der Waals surface area contributed by atoms with Crippen molar-refractivity contribution in [2.24, 2.45) is 0 Å². The van der Waals surface area contributed by atoms with E-state index in [2.05, 4.69) is 9.97 Å². The van der Waals surface area contributed by atoms with Crippen molar-refractivity contribution in [2.75, 3.05) is 0 Å². The van der Waals surface area contributed by atoms with Gasteiger partial charge in [0.2, 0.25) is 0 Å². The molecule has 0 saturated carbocycles. The van der Waals surface area contributed by atoms with E-state index in [1.54, 1.807) is 28.2 Å². The molecule has 4 nitrogen and oxygen atoms in total. The fourth-order valence-electron chi connectivity index (χ4n) is 2.13. The van der Waals surface area contributed by atoms with Gasteiger partial charge in [0.05, 0.1) is 21.8 Å². The number of halogens is 1. The molecule has 2 heterocycles. The maximum absolute atomic E-state index is 12.5. The van der Waals surface area contributed by atoms with Gasteiger partial charge in [-0.3, -0.25) is 9.36 Å². The molecule has 0 bridgehead atoms. The molecule has 2 aromatic heterocycles. The Labute approximate surface area is 124 Å². The topological polar surface area (TPSA) is 47.8 Å². The van der Waals surface area contributed by atoms with Crippen LogP contribution in [0.15, 0.2) is 40.6 Å². The lowest BCUT2D eigenvalue weighted by Gasteiger charge is -2.10. The number of hydrogen-bond acceptors (Lipinski definition) is 4. The van der Waals surface area contributed by atoms with Gasteiger partial charge in [0.25, 0.3) is 5.56 Å². The number of aromatic nitrogens is 3. The highest BCUT2D eigenvalue weighted by molar-refractivity contribution is 7.09. The summed E-state index contributed by atoms with van der Waals surface area (Å²) in [5.41, 5.74) is 0.654. The van der Waals surface area contributed by atoms with Gasteiger partial charge in [0.1, 0.15) is 5.82 Å². The summed E-state index contributed by atoms with van der Waals surface area (Å²) in [6.07, 6.45) is 2.48. The Kier molecular flexibility index (Phi) is 3.80. The van der Waals surface area contributed by atoms with Gasteiger partial charge in [-0.05, 0) is 12.1 Å². The van der Waals surface area contributed by atoms with E-state index in [-0.39, 0.29) is 11.4 Å². The minimum atomic E-state index is -0.0391. The molecule has 0 unspecified atom stereocenters. The van der Waals surface area contributed by atoms with E-state index in [0.29, 0.717) is 29.7 Å². The SMILES string of the molecule is O=c1c2ccccc2nc(CCl)n1CCc1nccs1. The van der Waals surface area contributed by atoms with Gasteiger partial charge in [-0.2, -0.15) is 0 Å². The molecule has 0 aliphatic carbocycles. The van der Waals surface area contributed by atoms with E-state index in [4.69, 9.17) is 11.6 Å². The minimum absolute atomic E-state index is 0.0391. The summed E-state index contributed by atoms with van der Waals surface area (Å²) in [6.45, 7) is 0.548. The van der Waals surface area contributed by atoms with Crippen molar-refractivity contribution < 1.29 is 0 Å². The Morgan fingerprint density at radius 1 is 1.30 bits per heavy atom. The summed E-state index contributed by atoms with van der Waals surface area (Å²) in [7, 11) is 0. The lowest BCUT2D eigenvalue weighted by molar-refractivity contribution is 0.632. The summed E-state index contributed by atoms with van der Waals surface area (Å²) in [6, 6.07) is 7.34. The Bertz CT molecular complexity index is 783. The van der Waals surface area contributed by atoms with Gasteiger partial charge in [0, 0.05) is 24.5 Å². The third-order valence-electron chi connectivity index (χ3n) is 3.09. The first-order valence-electron chi connectivity index (χ1n) is 6.22. The first-order chi connectivity index (χ1) is 9.79. The molecule has 102 valence electrons. The van der Waals surface area contributed by atoms with E-state index in [1.165, 1.54) is 0 Å². The maximum atomic E-state index is 12.5. The highest BCUT2D eigenvalue weighted by Crippen LogP contribution is 2.11. The Hall–Kier alpha value is -1.72. The molecule has 6 heteroatoms. The molecule has 0 fully saturated rings. The highest BCUT2D eigenvalue weighted by atomic mass is 35.5. The van der Waals surface area contributed by atoms with Crippen LogP contribution in [0.3, 0.4) is 0 Å². The zero-order valence-electron chi connectivity index (χ0n) is 10.6. The summed E-state index contributed by atoms with van der Waals surface area (Å²) in [5.74, 6) is 0.824. The average molecular weight is 306 g/mol. The van der Waals surface area contributed by atoms with Crippen molar-refractivity contribution in [2.45, 2.75) is 18.8 Å². The van der Waals surface area contributed by atoms with Crippen molar-refractivity contribution in [3.63, 3.8) is 0 Å². The van der Waals surface area contributed by atoms with Crippen LogP contribution in [-0.4, -0.2) is 14.5 Å². The van der Waals surface area contributed by atoms with Gasteiger partial charge < -0.3 is 0 Å². The van der Waals surface area contributed by atoms with E-state index in [1.807, 2.05) is 23.6 Å². The lowest BCUT2D eigenvalue weighted by atomic mass is 10.2. The fourth-order valence-corrected chi connectivity index (χ4v) is 2.94. The number of nitrogens with zero attached hydrogens (tertiary/aromatic N) is 3. The standard InChI is InChI=1S/C14H12ClN3OS/c15-9-12-17-11-4-2-1-3-10(11)14(19)18(12)7-5-13-16-6-8-20-13/h1-4,6,8H,5,7,9H2. The zero-order valence-corrected chi connectivity index (χ0v) is 12.2. The van der Waals surface area contributed by atoms with Crippen LogP contribution in [0.2, 0.25) is 0 Å². The lowest BCUT2D eigenvalue weighted by Crippen LogP contribution is -2.25. The molecular weight excluding hydrogens is 294 g/mol. The Morgan fingerprint density at radius 2 is 2.15 bits per heavy atom. The summed E-state index contributed by atoms with van der Waals surface area (Å²) in [5, 5.41) is 3.56. The molecule has 0 N–H and O–H groups in total. The van der Waals surface area contributed by atoms with Crippen LogP contribution < -0.4 is 5.56 Å². The van der Waals surface area contributed by atoms with E-state index >= 15 is 0 Å². The molecule has 0 spiro atoms. The predicted octanol–water partition coefficient (Wildman–Crippen LogP) is 2.83. The summed E-state index contributed by atoms with van der Waals surface area (Å²) in [4.78, 5) is 21.2. The number of alkyl halides is 1. The third kappa shape index (κ3) is 2.46. The van der Waals surface area contributed by atoms with E-state index < -0.39 is 0 Å². The fraction of sp³-hybridized carbons (Fsp3) is 0.214. The van der Waals surface area contributed by atoms with Gasteiger partial charge in [0.15, 0.2) is 0 Å². The predicted molar refractivity (Wildman–Crippen MR) is 81.4 cm³/mol. The van der Waals surface area contributed by atoms with Gasteiger partial charge >= 0.3 is 0 Å². The Balaban J connectivity index is 2.04. The van der Waals surface area contributed by atoms with Crippen LogP contribution in [0.4, 0.5) is 0 Å². The van der Waals surface area contributed by atoms with Gasteiger partial charge in [-0.1, -0.05) is 12.1 Å². The molecular formula is C14H12ClN3OS. The third-order valence-corrected chi connectivity index (χ3v) is 4.17. The van der Waals surface area contributed by atoms with Crippen LogP contribution >= 0.6 is 22.9 Å². The van der Waals surface area contributed by atoms with Gasteiger partial charge in [-0.15, -0.1) is 22.9 Å². The van der Waals surface area contributed by atoms with Crippen molar-refractivity contribution in [1.82, 2.24) is 14.5 Å². The number of fused-ring (bicyclic) bond motifs is 1. The van der Waals surface area contributed by atoms with Crippen molar-refractivity contribution >= 4 is 33.8 Å². The molecule has 0 saturated heterocycles. The van der Waals surface area contributed by atoms with Crippen LogP contribution in [0, 0.1) is 0 Å². The molecule has 0 atom stereocenters. The smallest absolute Gasteiger partial charge is 0.261 e. The first-order valence-corrected chi connectivity index (χ1v) is 7.64. The van der Waals surface area contributed by atoms with Crippen molar-refractivity contribution in [1.29, 1.82) is 0 Å². The van der Waals surface area contributed by atoms with Crippen LogP contribution in [0.5, 0.6) is 0 Å². The average Bonchev–Trinajstić information content (AvgIpc) is 2.99. The number of thiazole rings is 1.